The first-order valence-electron chi connectivity index (χ1n) is 4.45. The molecule has 0 atom stereocenters. The van der Waals surface area contributed by atoms with Crippen molar-refractivity contribution in [3.63, 3.8) is 0 Å². The van der Waals surface area contributed by atoms with Crippen LogP contribution >= 0.6 is 0 Å². The molecule has 0 fully saturated rings. The maximum absolute atomic E-state index is 11.0. The summed E-state index contributed by atoms with van der Waals surface area (Å²) in [5.74, 6) is 0. The first-order valence-corrected chi connectivity index (χ1v) is 4.45. The highest BCUT2D eigenvalue weighted by Crippen LogP contribution is 2.11. The lowest BCUT2D eigenvalue weighted by Crippen LogP contribution is -2.24. The Morgan fingerprint density at radius 3 is 2.80 bits per heavy atom. The summed E-state index contributed by atoms with van der Waals surface area (Å²) in [6.45, 7) is 1.68. The number of hydrogen-bond acceptors (Lipinski definition) is 3. The van der Waals surface area contributed by atoms with Gasteiger partial charge in [0.15, 0.2) is 0 Å². The summed E-state index contributed by atoms with van der Waals surface area (Å²) in [7, 11) is 1.54. The summed E-state index contributed by atoms with van der Waals surface area (Å²) < 4.78 is 0. The van der Waals surface area contributed by atoms with Crippen molar-refractivity contribution in [3.8, 4) is 0 Å². The largest absolute Gasteiger partial charge is 0.411 e. The Labute approximate surface area is 87.8 Å². The summed E-state index contributed by atoms with van der Waals surface area (Å²) in [5.41, 5.74) is 1.90. The van der Waals surface area contributed by atoms with Crippen LogP contribution in [0.1, 0.15) is 12.5 Å². The number of amides is 2. The first kappa shape index (κ1) is 11.0. The third-order valence-electron chi connectivity index (χ3n) is 1.92. The molecule has 80 valence electrons. The van der Waals surface area contributed by atoms with E-state index < -0.39 is 0 Å². The maximum atomic E-state index is 11.0. The van der Waals surface area contributed by atoms with Gasteiger partial charge in [-0.1, -0.05) is 17.3 Å². The number of nitrogens with one attached hydrogen (secondary N) is 2. The van der Waals surface area contributed by atoms with Gasteiger partial charge in [-0.15, -0.1) is 0 Å². The van der Waals surface area contributed by atoms with Gasteiger partial charge >= 0.3 is 6.03 Å². The van der Waals surface area contributed by atoms with Crippen LogP contribution < -0.4 is 10.6 Å². The highest BCUT2D eigenvalue weighted by molar-refractivity contribution is 6.00. The number of carbonyl (C=O) groups excluding carboxylic acids is 1. The Hall–Kier alpha value is -2.04. The molecule has 0 aliphatic heterocycles. The molecule has 0 saturated heterocycles. The molecule has 0 aliphatic carbocycles. The van der Waals surface area contributed by atoms with Gasteiger partial charge in [0, 0.05) is 18.3 Å². The number of carbonyl (C=O) groups is 1. The fourth-order valence-electron chi connectivity index (χ4n) is 1.07. The van der Waals surface area contributed by atoms with Gasteiger partial charge in [0.2, 0.25) is 0 Å². The number of hydrogen-bond donors (Lipinski definition) is 3. The molecule has 0 bridgehead atoms. The molecule has 5 heteroatoms. The zero-order valence-electron chi connectivity index (χ0n) is 8.61. The Balaban J connectivity index is 2.88. The summed E-state index contributed by atoms with van der Waals surface area (Å²) in [6.07, 6.45) is 0. The van der Waals surface area contributed by atoms with E-state index in [9.17, 15) is 4.79 Å². The quantitative estimate of drug-likeness (QED) is 0.392. The minimum Gasteiger partial charge on any atom is -0.411 e. The molecular formula is C10H13N3O2. The van der Waals surface area contributed by atoms with Crippen LogP contribution in [0.15, 0.2) is 29.4 Å². The van der Waals surface area contributed by atoms with Gasteiger partial charge in [-0.05, 0) is 19.1 Å². The van der Waals surface area contributed by atoms with Crippen LogP contribution in [-0.4, -0.2) is 24.0 Å². The van der Waals surface area contributed by atoms with Crippen LogP contribution in [0.4, 0.5) is 10.5 Å². The second kappa shape index (κ2) is 4.99. The Morgan fingerprint density at radius 1 is 1.47 bits per heavy atom. The SMILES string of the molecule is CNC(=O)Nc1cccc(/C(C)=N/O)c1. The fraction of sp³-hybridized carbons (Fsp3) is 0.200. The van der Waals surface area contributed by atoms with Gasteiger partial charge in [-0.25, -0.2) is 4.79 Å². The van der Waals surface area contributed by atoms with Crippen LogP contribution in [-0.2, 0) is 0 Å². The van der Waals surface area contributed by atoms with Gasteiger partial charge in [-0.3, -0.25) is 0 Å². The highest BCUT2D eigenvalue weighted by atomic mass is 16.4. The van der Waals surface area contributed by atoms with Crippen LogP contribution in [0, 0.1) is 0 Å². The van der Waals surface area contributed by atoms with Crippen molar-refractivity contribution < 1.29 is 10.0 Å². The van der Waals surface area contributed by atoms with Crippen molar-refractivity contribution in [1.82, 2.24) is 5.32 Å². The van der Waals surface area contributed by atoms with E-state index in [2.05, 4.69) is 15.8 Å². The molecular weight excluding hydrogens is 194 g/mol. The Kier molecular flexibility index (Phi) is 3.68. The minimum atomic E-state index is -0.286. The lowest BCUT2D eigenvalue weighted by Gasteiger charge is -2.05. The van der Waals surface area contributed by atoms with Crippen molar-refractivity contribution in [1.29, 1.82) is 0 Å². The van der Waals surface area contributed by atoms with Gasteiger partial charge in [0.25, 0.3) is 0 Å². The van der Waals surface area contributed by atoms with E-state index in [0.717, 1.165) is 5.56 Å². The molecule has 5 nitrogen and oxygen atoms in total. The molecule has 0 heterocycles. The van der Waals surface area contributed by atoms with Crippen molar-refractivity contribution in [3.05, 3.63) is 29.8 Å². The molecule has 3 N–H and O–H groups in total. The summed E-state index contributed by atoms with van der Waals surface area (Å²) in [5, 5.41) is 16.8. The molecule has 1 rings (SSSR count). The van der Waals surface area contributed by atoms with Gasteiger partial charge < -0.3 is 15.8 Å². The second-order valence-corrected chi connectivity index (χ2v) is 2.97. The molecule has 0 aliphatic rings. The van der Waals surface area contributed by atoms with Gasteiger partial charge in [-0.2, -0.15) is 0 Å². The van der Waals surface area contributed by atoms with E-state index in [0.29, 0.717) is 11.4 Å². The van der Waals surface area contributed by atoms with E-state index in [-0.39, 0.29) is 6.03 Å². The van der Waals surface area contributed by atoms with Gasteiger partial charge in [0.1, 0.15) is 0 Å². The number of urea groups is 1. The number of benzene rings is 1. The molecule has 0 radical (unpaired) electrons. The zero-order chi connectivity index (χ0) is 11.3. The molecule has 2 amide bonds. The van der Waals surface area contributed by atoms with Crippen LogP contribution in [0.25, 0.3) is 0 Å². The second-order valence-electron chi connectivity index (χ2n) is 2.97. The minimum absolute atomic E-state index is 0.286. The maximum Gasteiger partial charge on any atom is 0.318 e. The van der Waals surface area contributed by atoms with Gasteiger partial charge in [0.05, 0.1) is 5.71 Å². The lowest BCUT2D eigenvalue weighted by atomic mass is 10.1. The standard InChI is InChI=1S/C10H13N3O2/c1-7(13-15)8-4-3-5-9(6-8)12-10(14)11-2/h3-6,15H,1-2H3,(H2,11,12,14)/b13-7+. The molecule has 0 spiro atoms. The van der Waals surface area contributed by atoms with E-state index in [4.69, 9.17) is 5.21 Å². The summed E-state index contributed by atoms with van der Waals surface area (Å²) in [6, 6.07) is 6.76. The number of nitrogens with zero attached hydrogens (tertiary/aromatic N) is 1. The monoisotopic (exact) mass is 207 g/mol. The Bertz CT molecular complexity index is 388. The first-order chi connectivity index (χ1) is 7.17. The molecule has 15 heavy (non-hydrogen) atoms. The van der Waals surface area contributed by atoms with Crippen molar-refractivity contribution in [2.75, 3.05) is 12.4 Å². The third kappa shape index (κ3) is 2.98. The third-order valence-corrected chi connectivity index (χ3v) is 1.92. The van der Waals surface area contributed by atoms with E-state index in [1.807, 2.05) is 0 Å². The van der Waals surface area contributed by atoms with Crippen LogP contribution in [0.2, 0.25) is 0 Å². The lowest BCUT2D eigenvalue weighted by molar-refractivity contribution is 0.254. The summed E-state index contributed by atoms with van der Waals surface area (Å²) in [4.78, 5) is 11.0. The molecule has 0 unspecified atom stereocenters. The van der Waals surface area contributed by atoms with Crippen molar-refractivity contribution in [2.45, 2.75) is 6.92 Å². The molecule has 1 aromatic carbocycles. The average molecular weight is 207 g/mol. The summed E-state index contributed by atoms with van der Waals surface area (Å²) >= 11 is 0. The normalized spacial score (nSPS) is 10.9. The Morgan fingerprint density at radius 2 is 2.20 bits per heavy atom. The van der Waals surface area contributed by atoms with Crippen molar-refractivity contribution in [2.24, 2.45) is 5.16 Å². The smallest absolute Gasteiger partial charge is 0.318 e. The van der Waals surface area contributed by atoms with E-state index >= 15 is 0 Å². The van der Waals surface area contributed by atoms with Crippen LogP contribution in [0.5, 0.6) is 0 Å². The van der Waals surface area contributed by atoms with Crippen LogP contribution in [0.3, 0.4) is 0 Å². The number of anilines is 1. The van der Waals surface area contributed by atoms with E-state index in [1.165, 1.54) is 0 Å². The molecule has 0 aromatic heterocycles. The molecule has 0 saturated carbocycles. The number of rotatable bonds is 2. The predicted molar refractivity (Wildman–Crippen MR) is 58.5 cm³/mol. The van der Waals surface area contributed by atoms with E-state index in [1.54, 1.807) is 38.2 Å². The highest BCUT2D eigenvalue weighted by Gasteiger charge is 2.01. The topological polar surface area (TPSA) is 73.7 Å². The fourth-order valence-corrected chi connectivity index (χ4v) is 1.07. The average Bonchev–Trinajstić information content (AvgIpc) is 2.28. The zero-order valence-corrected chi connectivity index (χ0v) is 8.61. The number of oxime groups is 1. The van der Waals surface area contributed by atoms with Crippen molar-refractivity contribution >= 4 is 17.4 Å². The predicted octanol–water partition coefficient (Wildman–Crippen LogP) is 1.64. The molecule has 1 aromatic rings.